The first-order chi connectivity index (χ1) is 13.2. The lowest BCUT2D eigenvalue weighted by atomic mass is 10.1. The summed E-state index contributed by atoms with van der Waals surface area (Å²) < 4.78 is 10.8. The fourth-order valence-electron chi connectivity index (χ4n) is 2.83. The van der Waals surface area contributed by atoms with E-state index in [1.165, 1.54) is 6.39 Å². The predicted molar refractivity (Wildman–Crippen MR) is 103 cm³/mol. The summed E-state index contributed by atoms with van der Waals surface area (Å²) in [5.41, 5.74) is 2.79. The molecule has 0 spiro atoms. The number of benzene rings is 1. The topological polar surface area (TPSA) is 80.2 Å². The number of aryl methyl sites for hydroxylation is 1. The van der Waals surface area contributed by atoms with Gasteiger partial charge in [0.2, 0.25) is 5.95 Å². The van der Waals surface area contributed by atoms with Crippen molar-refractivity contribution < 1.29 is 8.83 Å². The summed E-state index contributed by atoms with van der Waals surface area (Å²) in [6.07, 6.45) is 6.58. The van der Waals surface area contributed by atoms with Crippen molar-refractivity contribution in [2.75, 3.05) is 17.3 Å². The molecule has 0 fully saturated rings. The summed E-state index contributed by atoms with van der Waals surface area (Å²) in [6.45, 7) is 2.62. The van der Waals surface area contributed by atoms with Crippen LogP contribution in [0, 0.1) is 6.92 Å². The van der Waals surface area contributed by atoms with Crippen LogP contribution >= 0.6 is 0 Å². The fourth-order valence-corrected chi connectivity index (χ4v) is 2.83. The highest BCUT2D eigenvalue weighted by atomic mass is 16.3. The van der Waals surface area contributed by atoms with E-state index >= 15 is 0 Å². The summed E-state index contributed by atoms with van der Waals surface area (Å²) in [5.74, 6) is 2.96. The van der Waals surface area contributed by atoms with Crippen LogP contribution in [-0.2, 0) is 6.54 Å². The molecule has 0 aliphatic rings. The molecule has 4 aromatic rings. The molecule has 0 unspecified atom stereocenters. The number of rotatable bonds is 6. The maximum Gasteiger partial charge on any atom is 0.229 e. The number of anilines is 3. The van der Waals surface area contributed by atoms with E-state index in [-0.39, 0.29) is 0 Å². The molecule has 0 bridgehead atoms. The Labute approximate surface area is 156 Å². The van der Waals surface area contributed by atoms with Gasteiger partial charge in [-0.2, -0.15) is 4.98 Å². The number of nitrogens with zero attached hydrogens (tertiary/aromatic N) is 4. The van der Waals surface area contributed by atoms with Crippen molar-refractivity contribution in [1.29, 1.82) is 0 Å². The Morgan fingerprint density at radius 2 is 2.04 bits per heavy atom. The van der Waals surface area contributed by atoms with E-state index in [1.54, 1.807) is 12.5 Å². The van der Waals surface area contributed by atoms with Crippen LogP contribution in [0.2, 0.25) is 0 Å². The number of aromatic nitrogens is 3. The van der Waals surface area contributed by atoms with E-state index < -0.39 is 0 Å². The van der Waals surface area contributed by atoms with Crippen LogP contribution in [0.15, 0.2) is 70.3 Å². The minimum atomic E-state index is 0.525. The van der Waals surface area contributed by atoms with Crippen molar-refractivity contribution in [2.45, 2.75) is 13.5 Å². The molecule has 0 aliphatic heterocycles. The predicted octanol–water partition coefficient (Wildman–Crippen LogP) is 4.41. The molecule has 0 aliphatic carbocycles. The van der Waals surface area contributed by atoms with Crippen LogP contribution < -0.4 is 10.2 Å². The van der Waals surface area contributed by atoms with E-state index in [2.05, 4.69) is 20.3 Å². The van der Waals surface area contributed by atoms with Crippen LogP contribution in [0.1, 0.15) is 11.3 Å². The van der Waals surface area contributed by atoms with E-state index in [4.69, 9.17) is 8.83 Å². The molecule has 0 atom stereocenters. The van der Waals surface area contributed by atoms with Gasteiger partial charge in [-0.05, 0) is 31.2 Å². The first-order valence-electron chi connectivity index (χ1n) is 8.52. The molecular formula is C20H19N5O2. The van der Waals surface area contributed by atoms with Gasteiger partial charge in [-0.1, -0.05) is 12.1 Å². The largest absolute Gasteiger partial charge is 0.467 e. The fraction of sp³-hybridized carbons (Fsp3) is 0.150. The molecule has 0 saturated carbocycles. The Bertz CT molecular complexity index is 1010. The van der Waals surface area contributed by atoms with Gasteiger partial charge in [0, 0.05) is 30.1 Å². The maximum absolute atomic E-state index is 5.43. The third-order valence-corrected chi connectivity index (χ3v) is 4.12. The third-order valence-electron chi connectivity index (χ3n) is 4.12. The highest BCUT2D eigenvalue weighted by molar-refractivity contribution is 5.66. The molecule has 136 valence electrons. The number of furan rings is 1. The second kappa shape index (κ2) is 7.33. The average molecular weight is 361 g/mol. The third kappa shape index (κ3) is 3.82. The summed E-state index contributed by atoms with van der Waals surface area (Å²) in [6, 6.07) is 11.7. The van der Waals surface area contributed by atoms with Crippen molar-refractivity contribution in [3.63, 3.8) is 0 Å². The van der Waals surface area contributed by atoms with Crippen LogP contribution in [0.25, 0.3) is 11.3 Å². The highest BCUT2D eigenvalue weighted by Gasteiger charge is 2.11. The van der Waals surface area contributed by atoms with Gasteiger partial charge in [-0.15, -0.1) is 0 Å². The zero-order chi connectivity index (χ0) is 18.6. The Balaban J connectivity index is 1.55. The first kappa shape index (κ1) is 16.8. The summed E-state index contributed by atoms with van der Waals surface area (Å²) >= 11 is 0. The molecule has 4 rings (SSSR count). The second-order valence-electron chi connectivity index (χ2n) is 6.21. The Morgan fingerprint density at radius 3 is 2.81 bits per heavy atom. The van der Waals surface area contributed by atoms with Crippen molar-refractivity contribution in [2.24, 2.45) is 0 Å². The second-order valence-corrected chi connectivity index (χ2v) is 6.21. The molecule has 1 N–H and O–H groups in total. The molecule has 0 amide bonds. The number of nitrogens with one attached hydrogen (secondary N) is 1. The quantitative estimate of drug-likeness (QED) is 0.545. The van der Waals surface area contributed by atoms with E-state index in [9.17, 15) is 0 Å². The van der Waals surface area contributed by atoms with Gasteiger partial charge in [-0.3, -0.25) is 0 Å². The summed E-state index contributed by atoms with van der Waals surface area (Å²) in [4.78, 5) is 15.1. The monoisotopic (exact) mass is 361 g/mol. The van der Waals surface area contributed by atoms with Gasteiger partial charge in [0.1, 0.15) is 11.6 Å². The molecule has 7 heteroatoms. The molecule has 27 heavy (non-hydrogen) atoms. The molecule has 3 heterocycles. The smallest absolute Gasteiger partial charge is 0.229 e. The van der Waals surface area contributed by atoms with Gasteiger partial charge in [0.25, 0.3) is 0 Å². The normalized spacial score (nSPS) is 10.7. The van der Waals surface area contributed by atoms with Crippen molar-refractivity contribution >= 4 is 17.5 Å². The van der Waals surface area contributed by atoms with E-state index in [0.29, 0.717) is 18.3 Å². The minimum Gasteiger partial charge on any atom is -0.467 e. The standard InChI is InChI=1S/C20H19N5O2/c1-14-10-22-20(24-19(14)25(2)12-17-7-4-8-26-17)23-16-6-3-5-15(9-16)18-11-21-13-27-18/h3-11,13H,12H2,1-2H3,(H,22,23,24). The van der Waals surface area contributed by atoms with Crippen molar-refractivity contribution in [3.8, 4) is 11.3 Å². The van der Waals surface area contributed by atoms with Crippen LogP contribution in [-0.4, -0.2) is 22.0 Å². The summed E-state index contributed by atoms with van der Waals surface area (Å²) in [5, 5.41) is 3.25. The van der Waals surface area contributed by atoms with E-state index in [0.717, 1.165) is 28.4 Å². The Morgan fingerprint density at radius 1 is 1.11 bits per heavy atom. The van der Waals surface area contributed by atoms with Crippen LogP contribution in [0.3, 0.4) is 0 Å². The van der Waals surface area contributed by atoms with Crippen LogP contribution in [0.4, 0.5) is 17.5 Å². The number of oxazole rings is 1. The van der Waals surface area contributed by atoms with Crippen molar-refractivity contribution in [1.82, 2.24) is 15.0 Å². The molecule has 0 saturated heterocycles. The lowest BCUT2D eigenvalue weighted by Crippen LogP contribution is -2.19. The Hall–Kier alpha value is -3.61. The lowest BCUT2D eigenvalue weighted by molar-refractivity contribution is 0.507. The van der Waals surface area contributed by atoms with Gasteiger partial charge < -0.3 is 19.1 Å². The Kier molecular flexibility index (Phi) is 4.57. The van der Waals surface area contributed by atoms with Gasteiger partial charge in [0.15, 0.2) is 12.2 Å². The number of hydrogen-bond acceptors (Lipinski definition) is 7. The van der Waals surface area contributed by atoms with Gasteiger partial charge in [0.05, 0.1) is 19.0 Å². The lowest BCUT2D eigenvalue weighted by Gasteiger charge is -2.19. The van der Waals surface area contributed by atoms with Crippen LogP contribution in [0.5, 0.6) is 0 Å². The molecule has 1 aromatic carbocycles. The number of hydrogen-bond donors (Lipinski definition) is 1. The highest BCUT2D eigenvalue weighted by Crippen LogP contribution is 2.25. The maximum atomic E-state index is 5.43. The zero-order valence-corrected chi connectivity index (χ0v) is 15.1. The molecular weight excluding hydrogens is 342 g/mol. The van der Waals surface area contributed by atoms with Gasteiger partial charge >= 0.3 is 0 Å². The first-order valence-corrected chi connectivity index (χ1v) is 8.52. The van der Waals surface area contributed by atoms with Crippen molar-refractivity contribution in [3.05, 3.63) is 72.8 Å². The molecule has 0 radical (unpaired) electrons. The SMILES string of the molecule is Cc1cnc(Nc2cccc(-c3cnco3)c2)nc1N(C)Cc1ccco1. The zero-order valence-electron chi connectivity index (χ0n) is 15.1. The van der Waals surface area contributed by atoms with E-state index in [1.807, 2.05) is 61.5 Å². The average Bonchev–Trinajstić information content (AvgIpc) is 3.37. The van der Waals surface area contributed by atoms with Gasteiger partial charge in [-0.25, -0.2) is 9.97 Å². The minimum absolute atomic E-state index is 0.525. The summed E-state index contributed by atoms with van der Waals surface area (Å²) in [7, 11) is 1.98. The molecule has 7 nitrogen and oxygen atoms in total. The molecule has 3 aromatic heterocycles.